The fourth-order valence-corrected chi connectivity index (χ4v) is 3.38. The van der Waals surface area contributed by atoms with Gasteiger partial charge in [0.25, 0.3) is 11.8 Å². The van der Waals surface area contributed by atoms with Crippen molar-refractivity contribution < 1.29 is 14.3 Å². The summed E-state index contributed by atoms with van der Waals surface area (Å²) in [5, 5.41) is 5.89. The molecule has 1 heterocycles. The van der Waals surface area contributed by atoms with Crippen LogP contribution in [0, 0.1) is 0 Å². The van der Waals surface area contributed by atoms with Gasteiger partial charge in [-0.25, -0.2) is 0 Å². The van der Waals surface area contributed by atoms with Crippen LogP contribution in [0.25, 0.3) is 0 Å². The molecule has 0 unspecified atom stereocenters. The largest absolute Gasteiger partial charge is 0.494 e. The lowest BCUT2D eigenvalue weighted by Crippen LogP contribution is -2.34. The Morgan fingerprint density at radius 3 is 2.43 bits per heavy atom. The molecule has 0 bridgehead atoms. The molecule has 148 valence electrons. The first-order chi connectivity index (χ1) is 13.7. The summed E-state index contributed by atoms with van der Waals surface area (Å²) in [6, 6.07) is 10.5. The van der Waals surface area contributed by atoms with Gasteiger partial charge in [0.05, 0.1) is 6.61 Å². The molecule has 1 aromatic carbocycles. The van der Waals surface area contributed by atoms with Gasteiger partial charge in [-0.3, -0.25) is 14.6 Å². The van der Waals surface area contributed by atoms with Crippen LogP contribution in [0.5, 0.6) is 5.75 Å². The van der Waals surface area contributed by atoms with Crippen molar-refractivity contribution in [3.8, 4) is 5.75 Å². The van der Waals surface area contributed by atoms with Crippen molar-refractivity contribution in [2.75, 3.05) is 11.9 Å². The van der Waals surface area contributed by atoms with Gasteiger partial charge in [-0.05, 0) is 56.2 Å². The number of hydrogen-bond acceptors (Lipinski definition) is 4. The molecule has 6 nitrogen and oxygen atoms in total. The zero-order valence-electron chi connectivity index (χ0n) is 16.2. The Hall–Kier alpha value is -2.89. The number of aromatic nitrogens is 1. The number of pyridine rings is 1. The molecule has 1 aromatic heterocycles. The standard InChI is InChI=1S/C22H27N3O3/c1-2-28-19-11-9-18(10-12-19)25-22(27)20-15-16(13-14-23-20)21(26)24-17-7-5-3-4-6-8-17/h9-15,17H,2-8H2,1H3,(H,24,26)(H,25,27). The Morgan fingerprint density at radius 2 is 1.75 bits per heavy atom. The summed E-state index contributed by atoms with van der Waals surface area (Å²) in [4.78, 5) is 29.2. The minimum absolute atomic E-state index is 0.149. The van der Waals surface area contributed by atoms with Crippen LogP contribution in [-0.2, 0) is 0 Å². The summed E-state index contributed by atoms with van der Waals surface area (Å²) in [5.74, 6) is 0.244. The molecule has 2 aromatic rings. The molecule has 0 saturated heterocycles. The van der Waals surface area contributed by atoms with Crippen molar-refractivity contribution in [1.29, 1.82) is 0 Å². The van der Waals surface area contributed by atoms with E-state index in [1.54, 1.807) is 30.3 Å². The summed E-state index contributed by atoms with van der Waals surface area (Å²) in [6.45, 7) is 2.51. The smallest absolute Gasteiger partial charge is 0.274 e. The maximum absolute atomic E-state index is 12.6. The maximum Gasteiger partial charge on any atom is 0.274 e. The predicted octanol–water partition coefficient (Wildman–Crippen LogP) is 4.19. The van der Waals surface area contributed by atoms with Crippen LogP contribution in [0.15, 0.2) is 42.6 Å². The fourth-order valence-electron chi connectivity index (χ4n) is 3.38. The average molecular weight is 381 g/mol. The maximum atomic E-state index is 12.6. The lowest BCUT2D eigenvalue weighted by atomic mass is 10.1. The second-order valence-electron chi connectivity index (χ2n) is 7.00. The average Bonchev–Trinajstić information content (AvgIpc) is 2.98. The molecule has 2 N–H and O–H groups in total. The predicted molar refractivity (Wildman–Crippen MR) is 109 cm³/mol. The van der Waals surface area contributed by atoms with Gasteiger partial charge in [0.2, 0.25) is 0 Å². The number of nitrogens with one attached hydrogen (secondary N) is 2. The summed E-state index contributed by atoms with van der Waals surface area (Å²) in [5.41, 5.74) is 1.31. The van der Waals surface area contributed by atoms with Crippen LogP contribution in [-0.4, -0.2) is 29.4 Å². The van der Waals surface area contributed by atoms with Gasteiger partial charge in [-0.15, -0.1) is 0 Å². The summed E-state index contributed by atoms with van der Waals surface area (Å²) in [7, 11) is 0. The van der Waals surface area contributed by atoms with Crippen LogP contribution in [0.1, 0.15) is 66.3 Å². The highest BCUT2D eigenvalue weighted by atomic mass is 16.5. The lowest BCUT2D eigenvalue weighted by molar-refractivity contribution is 0.0933. The molecule has 3 rings (SSSR count). The van der Waals surface area contributed by atoms with E-state index in [0.717, 1.165) is 31.4 Å². The molecule has 0 spiro atoms. The number of carbonyl (C=O) groups excluding carboxylic acids is 2. The van der Waals surface area contributed by atoms with Gasteiger partial charge in [0.15, 0.2) is 0 Å². The quantitative estimate of drug-likeness (QED) is 0.736. The van der Waals surface area contributed by atoms with E-state index in [9.17, 15) is 9.59 Å². The van der Waals surface area contributed by atoms with E-state index in [4.69, 9.17) is 4.74 Å². The third-order valence-electron chi connectivity index (χ3n) is 4.87. The van der Waals surface area contributed by atoms with E-state index in [-0.39, 0.29) is 23.6 Å². The first kappa shape index (κ1) is 19.9. The van der Waals surface area contributed by atoms with Crippen LogP contribution in [0.2, 0.25) is 0 Å². The van der Waals surface area contributed by atoms with E-state index in [0.29, 0.717) is 17.9 Å². The summed E-state index contributed by atoms with van der Waals surface area (Å²) in [6.07, 6.45) is 8.29. The number of ether oxygens (including phenoxy) is 1. The summed E-state index contributed by atoms with van der Waals surface area (Å²) < 4.78 is 5.39. The zero-order valence-corrected chi connectivity index (χ0v) is 16.2. The first-order valence-electron chi connectivity index (χ1n) is 9.97. The van der Waals surface area contributed by atoms with Crippen molar-refractivity contribution in [3.05, 3.63) is 53.9 Å². The second kappa shape index (κ2) is 9.88. The van der Waals surface area contributed by atoms with E-state index in [1.807, 2.05) is 6.92 Å². The summed E-state index contributed by atoms with van der Waals surface area (Å²) >= 11 is 0. The van der Waals surface area contributed by atoms with Crippen LogP contribution in [0.4, 0.5) is 5.69 Å². The topological polar surface area (TPSA) is 80.3 Å². The van der Waals surface area contributed by atoms with Crippen molar-refractivity contribution in [1.82, 2.24) is 10.3 Å². The highest BCUT2D eigenvalue weighted by Crippen LogP contribution is 2.18. The second-order valence-corrected chi connectivity index (χ2v) is 7.00. The number of hydrogen-bond donors (Lipinski definition) is 2. The van der Waals surface area contributed by atoms with E-state index in [1.165, 1.54) is 25.1 Å². The molecule has 1 aliphatic rings. The van der Waals surface area contributed by atoms with Gasteiger partial charge in [-0.1, -0.05) is 25.7 Å². The highest BCUT2D eigenvalue weighted by molar-refractivity contribution is 6.04. The molecular formula is C22H27N3O3. The molecule has 1 fully saturated rings. The molecule has 2 amide bonds. The molecule has 0 aliphatic heterocycles. The van der Waals surface area contributed by atoms with Gasteiger partial charge in [-0.2, -0.15) is 0 Å². The Labute approximate surface area is 165 Å². The minimum Gasteiger partial charge on any atom is -0.494 e. The number of rotatable bonds is 6. The van der Waals surface area contributed by atoms with E-state index >= 15 is 0 Å². The molecule has 6 heteroatoms. The number of carbonyl (C=O) groups is 2. The SMILES string of the molecule is CCOc1ccc(NC(=O)c2cc(C(=O)NC3CCCCCC3)ccn2)cc1. The normalized spacial score (nSPS) is 14.8. The Bertz CT molecular complexity index is 797. The van der Waals surface area contributed by atoms with Crippen molar-refractivity contribution in [2.45, 2.75) is 51.5 Å². The first-order valence-corrected chi connectivity index (χ1v) is 9.97. The van der Waals surface area contributed by atoms with Gasteiger partial charge in [0.1, 0.15) is 11.4 Å². The van der Waals surface area contributed by atoms with Gasteiger partial charge >= 0.3 is 0 Å². The van der Waals surface area contributed by atoms with Crippen LogP contribution < -0.4 is 15.4 Å². The fraction of sp³-hybridized carbons (Fsp3) is 0.409. The molecule has 0 atom stereocenters. The number of anilines is 1. The van der Waals surface area contributed by atoms with Crippen LogP contribution >= 0.6 is 0 Å². The van der Waals surface area contributed by atoms with Crippen molar-refractivity contribution >= 4 is 17.5 Å². The number of benzene rings is 1. The minimum atomic E-state index is -0.353. The van der Waals surface area contributed by atoms with E-state index in [2.05, 4.69) is 15.6 Å². The number of amides is 2. The molecule has 1 saturated carbocycles. The van der Waals surface area contributed by atoms with Crippen LogP contribution in [0.3, 0.4) is 0 Å². The third-order valence-corrected chi connectivity index (χ3v) is 4.87. The molecular weight excluding hydrogens is 354 g/mol. The van der Waals surface area contributed by atoms with Crippen molar-refractivity contribution in [2.24, 2.45) is 0 Å². The monoisotopic (exact) mass is 381 g/mol. The lowest BCUT2D eigenvalue weighted by Gasteiger charge is -2.16. The third kappa shape index (κ3) is 5.55. The van der Waals surface area contributed by atoms with Gasteiger partial charge < -0.3 is 15.4 Å². The molecule has 28 heavy (non-hydrogen) atoms. The number of nitrogens with zero attached hydrogens (tertiary/aromatic N) is 1. The molecule has 0 radical (unpaired) electrons. The Kier molecular flexibility index (Phi) is 7.00. The van der Waals surface area contributed by atoms with E-state index < -0.39 is 0 Å². The zero-order chi connectivity index (χ0) is 19.8. The highest BCUT2D eigenvalue weighted by Gasteiger charge is 2.17. The Balaban J connectivity index is 1.62. The Morgan fingerprint density at radius 1 is 1.04 bits per heavy atom. The molecule has 1 aliphatic carbocycles. The van der Waals surface area contributed by atoms with Crippen molar-refractivity contribution in [3.63, 3.8) is 0 Å². The van der Waals surface area contributed by atoms with Gasteiger partial charge in [0, 0.05) is 23.5 Å².